The van der Waals surface area contributed by atoms with E-state index in [-0.39, 0.29) is 18.1 Å². The minimum atomic E-state index is -0.701. The lowest BCUT2D eigenvalue weighted by atomic mass is 10.4. The summed E-state index contributed by atoms with van der Waals surface area (Å²) >= 11 is 0. The third-order valence-electron chi connectivity index (χ3n) is 2.02. The van der Waals surface area contributed by atoms with Crippen LogP contribution in [0.2, 0.25) is 0 Å². The number of rotatable bonds is 5. The predicted octanol–water partition coefficient (Wildman–Crippen LogP) is 1.93. The first-order chi connectivity index (χ1) is 9.97. The van der Waals surface area contributed by atoms with Crippen LogP contribution < -0.4 is 0 Å². The van der Waals surface area contributed by atoms with Crippen LogP contribution in [-0.2, 0) is 11.2 Å². The summed E-state index contributed by atoms with van der Waals surface area (Å²) in [7, 11) is 0. The summed E-state index contributed by atoms with van der Waals surface area (Å²) in [6, 6.07) is 5.00. The highest BCUT2D eigenvalue weighted by molar-refractivity contribution is 5.70. The third kappa shape index (κ3) is 4.70. The molecule has 2 aromatic rings. The molecule has 0 radical (unpaired) electrons. The molecule has 0 aromatic carbocycles. The number of nitrogens with zero attached hydrogens (tertiary/aromatic N) is 2. The molecule has 0 saturated carbocycles. The second-order valence-electron chi connectivity index (χ2n) is 3.42. The van der Waals surface area contributed by atoms with E-state index in [4.69, 9.17) is 0 Å². The molecule has 10 heteroatoms. The van der Waals surface area contributed by atoms with Crippen LogP contribution in [0.5, 0.6) is 0 Å². The standard InChI is InChI=1S/C6H5NO4.C5H3NO4/c8-4-3-5-1-2-6(11-5)7(9)10;7-3-4-1-2-5(10-4)6(8)9/h1-2,4H,3H2;1-3H. The van der Waals surface area contributed by atoms with Gasteiger partial charge in [0.25, 0.3) is 0 Å². The van der Waals surface area contributed by atoms with E-state index in [1.54, 1.807) is 0 Å². The van der Waals surface area contributed by atoms with Crippen LogP contribution in [0.4, 0.5) is 11.8 Å². The zero-order valence-electron chi connectivity index (χ0n) is 10.3. The van der Waals surface area contributed by atoms with Crippen LogP contribution in [0.3, 0.4) is 0 Å². The predicted molar refractivity (Wildman–Crippen MR) is 65.9 cm³/mol. The van der Waals surface area contributed by atoms with Gasteiger partial charge in [-0.15, -0.1) is 0 Å². The summed E-state index contributed by atoms with van der Waals surface area (Å²) in [5.74, 6) is -0.470. The fraction of sp³-hybridized carbons (Fsp3) is 0.0909. The van der Waals surface area contributed by atoms with Crippen molar-refractivity contribution in [1.29, 1.82) is 0 Å². The van der Waals surface area contributed by atoms with E-state index in [2.05, 4.69) is 8.83 Å². The van der Waals surface area contributed by atoms with Crippen molar-refractivity contribution >= 4 is 24.3 Å². The highest BCUT2D eigenvalue weighted by atomic mass is 16.7. The van der Waals surface area contributed by atoms with Gasteiger partial charge in [0.05, 0.1) is 18.6 Å². The lowest BCUT2D eigenvalue weighted by molar-refractivity contribution is -0.402. The van der Waals surface area contributed by atoms with Gasteiger partial charge in [-0.25, -0.2) is 0 Å². The summed E-state index contributed by atoms with van der Waals surface area (Å²) in [5, 5.41) is 20.0. The van der Waals surface area contributed by atoms with Gasteiger partial charge in [-0.3, -0.25) is 25.0 Å². The maximum atomic E-state index is 10.0. The normalized spacial score (nSPS) is 9.33. The van der Waals surface area contributed by atoms with E-state index in [0.717, 1.165) is 6.07 Å². The van der Waals surface area contributed by atoms with Crippen LogP contribution in [-0.4, -0.2) is 22.4 Å². The minimum Gasteiger partial charge on any atom is -0.405 e. The number of nitro groups is 2. The van der Waals surface area contributed by atoms with Crippen LogP contribution in [0.15, 0.2) is 33.1 Å². The largest absolute Gasteiger partial charge is 0.433 e. The fourth-order valence-corrected chi connectivity index (χ4v) is 1.16. The van der Waals surface area contributed by atoms with Crippen molar-refractivity contribution < 1.29 is 28.3 Å². The van der Waals surface area contributed by atoms with Gasteiger partial charge in [0.1, 0.15) is 21.9 Å². The zero-order chi connectivity index (χ0) is 15.8. The summed E-state index contributed by atoms with van der Waals surface area (Å²) in [4.78, 5) is 38.5. The minimum absolute atomic E-state index is 0.0355. The molecule has 0 atom stereocenters. The van der Waals surface area contributed by atoms with Crippen molar-refractivity contribution in [3.05, 3.63) is 56.0 Å². The van der Waals surface area contributed by atoms with E-state index >= 15 is 0 Å². The molecule has 0 saturated heterocycles. The van der Waals surface area contributed by atoms with Crippen molar-refractivity contribution in [1.82, 2.24) is 0 Å². The molecule has 0 aliphatic heterocycles. The molecule has 0 spiro atoms. The maximum Gasteiger partial charge on any atom is 0.433 e. The number of hydrogen-bond donors (Lipinski definition) is 0. The fourth-order valence-electron chi connectivity index (χ4n) is 1.16. The van der Waals surface area contributed by atoms with Crippen molar-refractivity contribution in [2.75, 3.05) is 0 Å². The van der Waals surface area contributed by atoms with Crippen molar-refractivity contribution in [3.63, 3.8) is 0 Å². The molecule has 0 amide bonds. The van der Waals surface area contributed by atoms with Crippen LogP contribution in [0, 0.1) is 20.2 Å². The molecule has 2 rings (SSSR count). The van der Waals surface area contributed by atoms with E-state index < -0.39 is 15.7 Å². The second kappa shape index (κ2) is 7.33. The van der Waals surface area contributed by atoms with Crippen molar-refractivity contribution in [2.24, 2.45) is 0 Å². The van der Waals surface area contributed by atoms with E-state index in [9.17, 15) is 29.8 Å². The molecule has 0 N–H and O–H groups in total. The Bertz CT molecular complexity index is 657. The number of hydrogen-bond acceptors (Lipinski definition) is 8. The first-order valence-corrected chi connectivity index (χ1v) is 5.34. The zero-order valence-corrected chi connectivity index (χ0v) is 10.3. The van der Waals surface area contributed by atoms with Crippen LogP contribution in [0.1, 0.15) is 16.3 Å². The van der Waals surface area contributed by atoms with E-state index in [1.165, 1.54) is 18.2 Å². The van der Waals surface area contributed by atoms with Gasteiger partial charge < -0.3 is 13.6 Å². The SMILES string of the molecule is O=CCc1ccc([N+](=O)[O-])o1.O=Cc1ccc([N+](=O)[O-])o1. The molecule has 110 valence electrons. The lowest BCUT2D eigenvalue weighted by Crippen LogP contribution is -1.84. The van der Waals surface area contributed by atoms with Gasteiger partial charge >= 0.3 is 11.8 Å². The third-order valence-corrected chi connectivity index (χ3v) is 2.02. The van der Waals surface area contributed by atoms with Gasteiger partial charge in [0.2, 0.25) is 0 Å². The Morgan fingerprint density at radius 3 is 1.90 bits per heavy atom. The lowest BCUT2D eigenvalue weighted by Gasteiger charge is -1.82. The average molecular weight is 296 g/mol. The molecule has 0 unspecified atom stereocenters. The average Bonchev–Trinajstić information content (AvgIpc) is 3.08. The van der Waals surface area contributed by atoms with Crippen LogP contribution >= 0.6 is 0 Å². The first-order valence-electron chi connectivity index (χ1n) is 5.34. The van der Waals surface area contributed by atoms with Gasteiger partial charge in [-0.05, 0) is 12.1 Å². The number of carbonyl (C=O) groups is 2. The first kappa shape index (κ1) is 15.8. The Hall–Kier alpha value is -3.30. The molecular weight excluding hydrogens is 288 g/mol. The molecule has 0 fully saturated rings. The van der Waals surface area contributed by atoms with Gasteiger partial charge in [-0.1, -0.05) is 0 Å². The Labute approximate surface area is 116 Å². The van der Waals surface area contributed by atoms with Crippen molar-refractivity contribution in [3.8, 4) is 0 Å². The summed E-state index contributed by atoms with van der Waals surface area (Å²) < 4.78 is 9.08. The molecule has 2 aromatic heterocycles. The second-order valence-corrected chi connectivity index (χ2v) is 3.42. The highest BCUT2D eigenvalue weighted by Crippen LogP contribution is 2.15. The monoisotopic (exact) mass is 296 g/mol. The molecule has 0 bridgehead atoms. The number of carbonyl (C=O) groups excluding carboxylic acids is 2. The van der Waals surface area contributed by atoms with Gasteiger partial charge in [-0.2, -0.15) is 0 Å². The molecule has 0 aliphatic carbocycles. The van der Waals surface area contributed by atoms with Gasteiger partial charge in [0, 0.05) is 0 Å². The molecule has 2 heterocycles. The molecular formula is C11H8N2O8. The van der Waals surface area contributed by atoms with Crippen molar-refractivity contribution in [2.45, 2.75) is 6.42 Å². The number of furan rings is 2. The highest BCUT2D eigenvalue weighted by Gasteiger charge is 2.11. The Morgan fingerprint density at radius 1 is 0.952 bits per heavy atom. The van der Waals surface area contributed by atoms with E-state index in [0.29, 0.717) is 18.3 Å². The molecule has 10 nitrogen and oxygen atoms in total. The molecule has 0 aliphatic rings. The number of aldehydes is 2. The smallest absolute Gasteiger partial charge is 0.405 e. The summed E-state index contributed by atoms with van der Waals surface area (Å²) in [5.41, 5.74) is 0. The molecule has 21 heavy (non-hydrogen) atoms. The maximum absolute atomic E-state index is 10.0. The quantitative estimate of drug-likeness (QED) is 0.461. The topological polar surface area (TPSA) is 147 Å². The van der Waals surface area contributed by atoms with Crippen LogP contribution in [0.25, 0.3) is 0 Å². The summed E-state index contributed by atoms with van der Waals surface area (Å²) in [6.07, 6.45) is 1.11. The summed E-state index contributed by atoms with van der Waals surface area (Å²) in [6.45, 7) is 0. The Morgan fingerprint density at radius 2 is 1.52 bits per heavy atom. The Kier molecular flexibility index (Phi) is 5.50. The van der Waals surface area contributed by atoms with Gasteiger partial charge in [0.15, 0.2) is 12.0 Å². The Balaban J connectivity index is 0.000000211. The van der Waals surface area contributed by atoms with E-state index in [1.807, 2.05) is 0 Å².